The summed E-state index contributed by atoms with van der Waals surface area (Å²) < 4.78 is 25.6. The van der Waals surface area contributed by atoms with Gasteiger partial charge >= 0.3 is 0 Å². The minimum Gasteiger partial charge on any atom is -0.320 e. The van der Waals surface area contributed by atoms with Gasteiger partial charge in [0, 0.05) is 13.1 Å². The summed E-state index contributed by atoms with van der Waals surface area (Å²) in [5, 5.41) is 3.03. The largest absolute Gasteiger partial charge is 0.320 e. The minimum absolute atomic E-state index is 0.259. The highest BCUT2D eigenvalue weighted by molar-refractivity contribution is 7.89. The van der Waals surface area contributed by atoms with Crippen LogP contribution in [0.2, 0.25) is 0 Å². The number of sulfonamides is 1. The number of unbranched alkanes of at least 4 members (excludes halogenated alkanes) is 1. The van der Waals surface area contributed by atoms with E-state index >= 15 is 0 Å². The van der Waals surface area contributed by atoms with Gasteiger partial charge < -0.3 is 5.32 Å². The van der Waals surface area contributed by atoms with Crippen molar-refractivity contribution in [3.8, 4) is 0 Å². The Bertz CT molecular complexity index is 284. The molecule has 0 aliphatic heterocycles. The van der Waals surface area contributed by atoms with Gasteiger partial charge in [0.15, 0.2) is 0 Å². The average Bonchev–Trinajstić information content (AvgIpc) is 2.76. The highest BCUT2D eigenvalue weighted by Crippen LogP contribution is 2.24. The van der Waals surface area contributed by atoms with E-state index in [-0.39, 0.29) is 6.04 Å². The fourth-order valence-electron chi connectivity index (χ4n) is 2.23. The van der Waals surface area contributed by atoms with Crippen molar-refractivity contribution in [3.05, 3.63) is 0 Å². The SMILES string of the molecule is CNCCCCS(=O)(=O)N(C)C1CCCC1. The van der Waals surface area contributed by atoms with E-state index in [1.807, 2.05) is 7.05 Å². The topological polar surface area (TPSA) is 49.4 Å². The molecule has 4 nitrogen and oxygen atoms in total. The molecule has 5 heteroatoms. The Morgan fingerprint density at radius 1 is 1.25 bits per heavy atom. The number of nitrogens with one attached hydrogen (secondary N) is 1. The molecule has 96 valence electrons. The molecule has 0 aromatic heterocycles. The molecule has 1 rings (SSSR count). The molecule has 0 spiro atoms. The van der Waals surface area contributed by atoms with Crippen molar-refractivity contribution in [1.29, 1.82) is 0 Å². The molecule has 1 saturated carbocycles. The predicted octanol–water partition coefficient (Wildman–Crippen LogP) is 1.19. The van der Waals surface area contributed by atoms with Crippen molar-refractivity contribution >= 4 is 10.0 Å². The molecule has 0 aromatic carbocycles. The van der Waals surface area contributed by atoms with Crippen LogP contribution < -0.4 is 5.32 Å². The van der Waals surface area contributed by atoms with E-state index in [0.29, 0.717) is 5.75 Å². The summed E-state index contributed by atoms with van der Waals surface area (Å²) in [5.74, 6) is 0.293. The maximum atomic E-state index is 12.0. The second-order valence-corrected chi connectivity index (χ2v) is 6.73. The molecule has 0 atom stereocenters. The van der Waals surface area contributed by atoms with Crippen LogP contribution in [0.3, 0.4) is 0 Å². The van der Waals surface area contributed by atoms with Crippen molar-refractivity contribution < 1.29 is 8.42 Å². The van der Waals surface area contributed by atoms with Gasteiger partial charge in [0.25, 0.3) is 0 Å². The molecule has 0 bridgehead atoms. The third-order valence-electron chi connectivity index (χ3n) is 3.36. The summed E-state index contributed by atoms with van der Waals surface area (Å²) >= 11 is 0. The third kappa shape index (κ3) is 4.03. The van der Waals surface area contributed by atoms with Gasteiger partial charge in [-0.25, -0.2) is 12.7 Å². The lowest BCUT2D eigenvalue weighted by molar-refractivity contribution is 0.372. The van der Waals surface area contributed by atoms with Crippen LogP contribution in [0.25, 0.3) is 0 Å². The number of hydrogen-bond acceptors (Lipinski definition) is 3. The van der Waals surface area contributed by atoms with Crippen LogP contribution in [-0.4, -0.2) is 45.2 Å². The first-order chi connectivity index (χ1) is 7.58. The van der Waals surface area contributed by atoms with Crippen LogP contribution in [0.5, 0.6) is 0 Å². The zero-order valence-corrected chi connectivity index (χ0v) is 11.2. The zero-order chi connectivity index (χ0) is 12.0. The van der Waals surface area contributed by atoms with Crippen LogP contribution in [0.15, 0.2) is 0 Å². The first-order valence-corrected chi connectivity index (χ1v) is 7.79. The summed E-state index contributed by atoms with van der Waals surface area (Å²) in [4.78, 5) is 0. The van der Waals surface area contributed by atoms with Gasteiger partial charge in [0.1, 0.15) is 0 Å². The Morgan fingerprint density at radius 2 is 1.88 bits per heavy atom. The van der Waals surface area contributed by atoms with E-state index in [0.717, 1.165) is 32.2 Å². The second kappa shape index (κ2) is 6.57. The normalized spacial score (nSPS) is 18.4. The van der Waals surface area contributed by atoms with Crippen molar-refractivity contribution in [1.82, 2.24) is 9.62 Å². The lowest BCUT2D eigenvalue weighted by Gasteiger charge is -2.23. The Balaban J connectivity index is 2.36. The van der Waals surface area contributed by atoms with Gasteiger partial charge in [-0.15, -0.1) is 0 Å². The van der Waals surface area contributed by atoms with Gasteiger partial charge in [-0.1, -0.05) is 12.8 Å². The molecule has 0 saturated heterocycles. The van der Waals surface area contributed by atoms with E-state index in [2.05, 4.69) is 5.32 Å². The van der Waals surface area contributed by atoms with Crippen molar-refractivity contribution in [3.63, 3.8) is 0 Å². The number of rotatable bonds is 7. The van der Waals surface area contributed by atoms with Gasteiger partial charge in [-0.3, -0.25) is 0 Å². The Morgan fingerprint density at radius 3 is 2.44 bits per heavy atom. The first-order valence-electron chi connectivity index (χ1n) is 6.18. The molecule has 0 heterocycles. The monoisotopic (exact) mass is 248 g/mol. The highest BCUT2D eigenvalue weighted by Gasteiger charge is 2.27. The zero-order valence-electron chi connectivity index (χ0n) is 10.4. The van der Waals surface area contributed by atoms with Crippen LogP contribution >= 0.6 is 0 Å². The van der Waals surface area contributed by atoms with Gasteiger partial charge in [0.2, 0.25) is 10.0 Å². The summed E-state index contributed by atoms with van der Waals surface area (Å²) in [6, 6.07) is 0.259. The average molecular weight is 248 g/mol. The standard InChI is InChI=1S/C11H24N2O2S/c1-12-9-5-6-10-16(14,15)13(2)11-7-3-4-8-11/h11-12H,3-10H2,1-2H3. The predicted molar refractivity (Wildman–Crippen MR) is 67.0 cm³/mol. The molecule has 0 unspecified atom stereocenters. The van der Waals surface area contributed by atoms with Crippen LogP contribution in [0, 0.1) is 0 Å². The maximum absolute atomic E-state index is 12.0. The summed E-state index contributed by atoms with van der Waals surface area (Å²) in [7, 11) is 0.609. The summed E-state index contributed by atoms with van der Waals surface area (Å²) in [6.07, 6.45) is 6.08. The van der Waals surface area contributed by atoms with Crippen molar-refractivity contribution in [2.45, 2.75) is 44.6 Å². The van der Waals surface area contributed by atoms with E-state index < -0.39 is 10.0 Å². The Labute approximate surface area is 99.5 Å². The van der Waals surface area contributed by atoms with Crippen molar-refractivity contribution in [2.75, 3.05) is 26.4 Å². The fraction of sp³-hybridized carbons (Fsp3) is 1.00. The third-order valence-corrected chi connectivity index (χ3v) is 5.34. The minimum atomic E-state index is -3.02. The Kier molecular flexibility index (Phi) is 5.72. The molecule has 1 aliphatic rings. The van der Waals surface area contributed by atoms with E-state index in [9.17, 15) is 8.42 Å². The van der Waals surface area contributed by atoms with E-state index in [1.54, 1.807) is 11.4 Å². The van der Waals surface area contributed by atoms with E-state index in [4.69, 9.17) is 0 Å². The highest BCUT2D eigenvalue weighted by atomic mass is 32.2. The van der Waals surface area contributed by atoms with Crippen LogP contribution in [0.1, 0.15) is 38.5 Å². The first kappa shape index (κ1) is 13.9. The number of nitrogens with zero attached hydrogens (tertiary/aromatic N) is 1. The van der Waals surface area contributed by atoms with Gasteiger partial charge in [-0.05, 0) is 39.3 Å². The lowest BCUT2D eigenvalue weighted by atomic mass is 10.3. The molecule has 0 aromatic rings. The summed E-state index contributed by atoms with van der Waals surface area (Å²) in [6.45, 7) is 0.892. The maximum Gasteiger partial charge on any atom is 0.214 e. The smallest absolute Gasteiger partial charge is 0.214 e. The molecule has 1 fully saturated rings. The molecular formula is C11H24N2O2S. The van der Waals surface area contributed by atoms with Gasteiger partial charge in [0.05, 0.1) is 5.75 Å². The lowest BCUT2D eigenvalue weighted by Crippen LogP contribution is -2.36. The van der Waals surface area contributed by atoms with Crippen molar-refractivity contribution in [2.24, 2.45) is 0 Å². The number of hydrogen-bond donors (Lipinski definition) is 1. The molecule has 1 aliphatic carbocycles. The quantitative estimate of drug-likeness (QED) is 0.689. The van der Waals surface area contributed by atoms with Gasteiger partial charge in [-0.2, -0.15) is 0 Å². The van der Waals surface area contributed by atoms with Crippen LogP contribution in [0.4, 0.5) is 0 Å². The molecule has 1 N–H and O–H groups in total. The molecule has 0 amide bonds. The van der Waals surface area contributed by atoms with E-state index in [1.165, 1.54) is 12.8 Å². The fourth-order valence-corrected chi connectivity index (χ4v) is 3.75. The van der Waals surface area contributed by atoms with Crippen LogP contribution in [-0.2, 0) is 10.0 Å². The molecular weight excluding hydrogens is 224 g/mol. The second-order valence-electron chi connectivity index (χ2n) is 4.58. The summed E-state index contributed by atoms with van der Waals surface area (Å²) in [5.41, 5.74) is 0. The molecule has 16 heavy (non-hydrogen) atoms. The molecule has 0 radical (unpaired) electrons. The Hall–Kier alpha value is -0.130.